The Morgan fingerprint density at radius 2 is 2.12 bits per heavy atom. The Hall–Kier alpha value is -1.35. The first-order valence-corrected chi connectivity index (χ1v) is 5.76. The summed E-state index contributed by atoms with van der Waals surface area (Å²) in [6.07, 6.45) is 0.811. The van der Waals surface area contributed by atoms with Crippen molar-refractivity contribution in [1.82, 2.24) is 4.90 Å². The first kappa shape index (κ1) is 11.1. The molecule has 0 aromatic heterocycles. The molecule has 1 aliphatic rings. The molecule has 86 valence electrons. The largest absolute Gasteiger partial charge is 0.463 e. The summed E-state index contributed by atoms with van der Waals surface area (Å²) in [6.45, 7) is 4.20. The second-order valence-electron chi connectivity index (χ2n) is 4.05. The normalized spacial score (nSPS) is 21.8. The van der Waals surface area contributed by atoms with Crippen LogP contribution in [0.25, 0.3) is 0 Å². The molecule has 0 spiro atoms. The summed E-state index contributed by atoms with van der Waals surface area (Å²) in [6, 6.07) is 10.2. The first-order chi connectivity index (χ1) is 7.81. The van der Waals surface area contributed by atoms with Crippen LogP contribution in [0.2, 0.25) is 0 Å². The maximum absolute atomic E-state index is 11.6. The summed E-state index contributed by atoms with van der Waals surface area (Å²) in [4.78, 5) is 13.8. The maximum atomic E-state index is 11.6. The Labute approximate surface area is 96.0 Å². The molecule has 0 aliphatic carbocycles. The minimum absolute atomic E-state index is 0.0750. The molecule has 1 saturated heterocycles. The van der Waals surface area contributed by atoms with Gasteiger partial charge in [-0.3, -0.25) is 9.69 Å². The fraction of sp³-hybridized carbons (Fsp3) is 0.462. The molecule has 1 heterocycles. The van der Waals surface area contributed by atoms with Crippen molar-refractivity contribution in [3.05, 3.63) is 35.9 Å². The number of hydrogen-bond acceptors (Lipinski definition) is 3. The van der Waals surface area contributed by atoms with Crippen LogP contribution in [-0.4, -0.2) is 30.1 Å². The second-order valence-corrected chi connectivity index (χ2v) is 4.05. The second kappa shape index (κ2) is 5.12. The molecule has 0 bridgehead atoms. The standard InChI is InChI=1S/C13H17NO2/c1-2-12-13(15)16-9-8-14(12)10-11-6-4-3-5-7-11/h3-7,12H,2,8-10H2,1H3/t12-/m0/s1. The van der Waals surface area contributed by atoms with Gasteiger partial charge < -0.3 is 4.74 Å². The number of carbonyl (C=O) groups is 1. The number of nitrogens with zero attached hydrogens (tertiary/aromatic N) is 1. The highest BCUT2D eigenvalue weighted by molar-refractivity contribution is 5.76. The highest BCUT2D eigenvalue weighted by Gasteiger charge is 2.29. The van der Waals surface area contributed by atoms with Gasteiger partial charge in [-0.1, -0.05) is 37.3 Å². The van der Waals surface area contributed by atoms with E-state index in [-0.39, 0.29) is 12.0 Å². The maximum Gasteiger partial charge on any atom is 0.323 e. The third kappa shape index (κ3) is 2.42. The molecule has 2 rings (SSSR count). The Kier molecular flexibility index (Phi) is 3.57. The molecule has 1 aromatic carbocycles. The van der Waals surface area contributed by atoms with Crippen molar-refractivity contribution in [3.63, 3.8) is 0 Å². The predicted molar refractivity (Wildman–Crippen MR) is 61.9 cm³/mol. The zero-order valence-electron chi connectivity index (χ0n) is 9.56. The van der Waals surface area contributed by atoms with Crippen LogP contribution in [0.3, 0.4) is 0 Å². The van der Waals surface area contributed by atoms with Crippen LogP contribution in [0.5, 0.6) is 0 Å². The van der Waals surface area contributed by atoms with Gasteiger partial charge in [0, 0.05) is 13.1 Å². The van der Waals surface area contributed by atoms with E-state index in [4.69, 9.17) is 4.74 Å². The van der Waals surface area contributed by atoms with E-state index in [1.807, 2.05) is 25.1 Å². The molecule has 3 heteroatoms. The van der Waals surface area contributed by atoms with Crippen molar-refractivity contribution in [3.8, 4) is 0 Å². The zero-order valence-corrected chi connectivity index (χ0v) is 9.56. The van der Waals surface area contributed by atoms with Gasteiger partial charge in [0.05, 0.1) is 0 Å². The molecule has 1 fully saturated rings. The summed E-state index contributed by atoms with van der Waals surface area (Å²) < 4.78 is 5.07. The molecule has 3 nitrogen and oxygen atoms in total. The number of ether oxygens (including phenoxy) is 1. The SMILES string of the molecule is CC[C@H]1C(=O)OCCN1Cc1ccccc1. The van der Waals surface area contributed by atoms with Gasteiger partial charge in [0.2, 0.25) is 0 Å². The number of morpholine rings is 1. The van der Waals surface area contributed by atoms with Crippen molar-refractivity contribution < 1.29 is 9.53 Å². The minimum atomic E-state index is -0.0790. The van der Waals surface area contributed by atoms with Crippen LogP contribution >= 0.6 is 0 Å². The third-order valence-electron chi connectivity index (χ3n) is 2.95. The summed E-state index contributed by atoms with van der Waals surface area (Å²) in [5.41, 5.74) is 1.25. The number of hydrogen-bond donors (Lipinski definition) is 0. The van der Waals surface area contributed by atoms with Crippen molar-refractivity contribution in [2.45, 2.75) is 25.9 Å². The lowest BCUT2D eigenvalue weighted by molar-refractivity contribution is -0.158. The summed E-state index contributed by atoms with van der Waals surface area (Å²) in [5, 5.41) is 0. The number of benzene rings is 1. The molecule has 1 aliphatic heterocycles. The first-order valence-electron chi connectivity index (χ1n) is 5.76. The Bertz CT molecular complexity index is 350. The van der Waals surface area contributed by atoms with Crippen LogP contribution in [-0.2, 0) is 16.1 Å². The van der Waals surface area contributed by atoms with E-state index in [0.29, 0.717) is 6.61 Å². The molecule has 16 heavy (non-hydrogen) atoms. The summed E-state index contributed by atoms with van der Waals surface area (Å²) in [5.74, 6) is -0.0790. The summed E-state index contributed by atoms with van der Waals surface area (Å²) >= 11 is 0. The molecule has 0 radical (unpaired) electrons. The van der Waals surface area contributed by atoms with Gasteiger partial charge in [-0.25, -0.2) is 0 Å². The van der Waals surface area contributed by atoms with Crippen LogP contribution in [0, 0.1) is 0 Å². The quantitative estimate of drug-likeness (QED) is 0.726. The van der Waals surface area contributed by atoms with Gasteiger partial charge in [-0.15, -0.1) is 0 Å². The smallest absolute Gasteiger partial charge is 0.323 e. The highest BCUT2D eigenvalue weighted by atomic mass is 16.5. The van der Waals surface area contributed by atoms with E-state index in [1.165, 1.54) is 5.56 Å². The lowest BCUT2D eigenvalue weighted by Gasteiger charge is -2.33. The third-order valence-corrected chi connectivity index (χ3v) is 2.95. The Morgan fingerprint density at radius 1 is 1.38 bits per heavy atom. The Balaban J connectivity index is 2.05. The van der Waals surface area contributed by atoms with E-state index < -0.39 is 0 Å². The lowest BCUT2D eigenvalue weighted by Crippen LogP contribution is -2.47. The van der Waals surface area contributed by atoms with Gasteiger partial charge in [0.15, 0.2) is 0 Å². The van der Waals surface area contributed by atoms with E-state index >= 15 is 0 Å². The van der Waals surface area contributed by atoms with Gasteiger partial charge in [0.1, 0.15) is 12.6 Å². The monoisotopic (exact) mass is 219 g/mol. The van der Waals surface area contributed by atoms with Crippen molar-refractivity contribution >= 4 is 5.97 Å². The van der Waals surface area contributed by atoms with Gasteiger partial charge in [-0.2, -0.15) is 0 Å². The molecule has 0 saturated carbocycles. The topological polar surface area (TPSA) is 29.5 Å². The van der Waals surface area contributed by atoms with Gasteiger partial charge in [0.25, 0.3) is 0 Å². The number of cyclic esters (lactones) is 1. The van der Waals surface area contributed by atoms with E-state index in [2.05, 4.69) is 17.0 Å². The lowest BCUT2D eigenvalue weighted by atomic mass is 10.1. The average molecular weight is 219 g/mol. The van der Waals surface area contributed by atoms with Crippen molar-refractivity contribution in [2.75, 3.05) is 13.2 Å². The molecule has 0 unspecified atom stereocenters. The number of rotatable bonds is 3. The molecular formula is C13H17NO2. The average Bonchev–Trinajstić information content (AvgIpc) is 2.31. The predicted octanol–water partition coefficient (Wildman–Crippen LogP) is 1.82. The highest BCUT2D eigenvalue weighted by Crippen LogP contribution is 2.15. The molecular weight excluding hydrogens is 202 g/mol. The molecule has 1 aromatic rings. The van der Waals surface area contributed by atoms with E-state index in [0.717, 1.165) is 19.5 Å². The van der Waals surface area contributed by atoms with Crippen molar-refractivity contribution in [1.29, 1.82) is 0 Å². The zero-order chi connectivity index (χ0) is 11.4. The molecule has 0 amide bonds. The van der Waals surface area contributed by atoms with E-state index in [1.54, 1.807) is 0 Å². The number of esters is 1. The van der Waals surface area contributed by atoms with Crippen molar-refractivity contribution in [2.24, 2.45) is 0 Å². The molecule has 1 atom stereocenters. The van der Waals surface area contributed by atoms with E-state index in [9.17, 15) is 4.79 Å². The fourth-order valence-corrected chi connectivity index (χ4v) is 2.10. The minimum Gasteiger partial charge on any atom is -0.463 e. The van der Waals surface area contributed by atoms with Crippen LogP contribution in [0.15, 0.2) is 30.3 Å². The molecule has 0 N–H and O–H groups in total. The fourth-order valence-electron chi connectivity index (χ4n) is 2.10. The Morgan fingerprint density at radius 3 is 2.81 bits per heavy atom. The summed E-state index contributed by atoms with van der Waals surface area (Å²) in [7, 11) is 0. The van der Waals surface area contributed by atoms with Crippen LogP contribution in [0.4, 0.5) is 0 Å². The number of carbonyl (C=O) groups excluding carboxylic acids is 1. The van der Waals surface area contributed by atoms with Gasteiger partial charge >= 0.3 is 5.97 Å². The van der Waals surface area contributed by atoms with Gasteiger partial charge in [-0.05, 0) is 12.0 Å². The van der Waals surface area contributed by atoms with Crippen LogP contribution in [0.1, 0.15) is 18.9 Å². The van der Waals surface area contributed by atoms with Crippen LogP contribution < -0.4 is 0 Å².